The normalized spacial score (nSPS) is 21.9. The number of carbonyl (C=O) groups is 2. The van der Waals surface area contributed by atoms with Gasteiger partial charge in [0.2, 0.25) is 5.91 Å². The van der Waals surface area contributed by atoms with Crippen molar-refractivity contribution in [2.45, 2.75) is 37.1 Å². The molecule has 1 unspecified atom stereocenters. The van der Waals surface area contributed by atoms with E-state index in [1.54, 1.807) is 0 Å². The van der Waals surface area contributed by atoms with Crippen molar-refractivity contribution in [3.63, 3.8) is 0 Å². The lowest BCUT2D eigenvalue weighted by atomic mass is 9.74. The van der Waals surface area contributed by atoms with Gasteiger partial charge in [-0.2, -0.15) is 0 Å². The molecule has 1 aliphatic carbocycles. The average Bonchev–Trinajstić information content (AvgIpc) is 2.78. The number of amides is 1. The number of aliphatic carboxylic acids is 1. The second-order valence-corrected chi connectivity index (χ2v) is 6.66. The van der Waals surface area contributed by atoms with Gasteiger partial charge in [-0.1, -0.05) is 15.9 Å². The van der Waals surface area contributed by atoms with Gasteiger partial charge in [-0.15, -0.1) is 0 Å². The highest BCUT2D eigenvalue weighted by atomic mass is 79.9. The SMILES string of the molecule is O=C(O)CC1(NC(=O)C2COc3ccc(Br)cc32)CCC1. The summed E-state index contributed by atoms with van der Waals surface area (Å²) in [6.45, 7) is 0.306. The lowest BCUT2D eigenvalue weighted by Gasteiger charge is -2.42. The molecule has 0 radical (unpaired) electrons. The first-order valence-electron chi connectivity index (χ1n) is 6.95. The molecule has 21 heavy (non-hydrogen) atoms. The lowest BCUT2D eigenvalue weighted by molar-refractivity contribution is -0.140. The molecule has 0 bridgehead atoms. The number of carbonyl (C=O) groups excluding carboxylic acids is 1. The third-order valence-electron chi connectivity index (χ3n) is 4.26. The number of carboxylic acid groups (broad SMARTS) is 1. The summed E-state index contributed by atoms with van der Waals surface area (Å²) in [5, 5.41) is 12.0. The van der Waals surface area contributed by atoms with Crippen LogP contribution in [0.3, 0.4) is 0 Å². The summed E-state index contributed by atoms with van der Waals surface area (Å²) in [4.78, 5) is 23.5. The number of hydrogen-bond acceptors (Lipinski definition) is 3. The first kappa shape index (κ1) is 14.4. The minimum absolute atomic E-state index is 0.0162. The molecule has 1 aromatic carbocycles. The van der Waals surface area contributed by atoms with Gasteiger partial charge in [0.15, 0.2) is 0 Å². The number of benzene rings is 1. The van der Waals surface area contributed by atoms with Crippen molar-refractivity contribution in [1.29, 1.82) is 0 Å². The first-order valence-corrected chi connectivity index (χ1v) is 7.74. The van der Waals surface area contributed by atoms with E-state index in [9.17, 15) is 9.59 Å². The topological polar surface area (TPSA) is 75.6 Å². The molecule has 1 aromatic rings. The summed E-state index contributed by atoms with van der Waals surface area (Å²) in [5.41, 5.74) is 0.282. The summed E-state index contributed by atoms with van der Waals surface area (Å²) in [6, 6.07) is 5.59. The highest BCUT2D eigenvalue weighted by Gasteiger charge is 2.42. The number of fused-ring (bicyclic) bond motifs is 1. The van der Waals surface area contributed by atoms with Gasteiger partial charge in [0.25, 0.3) is 0 Å². The number of halogens is 1. The molecular weight excluding hydrogens is 338 g/mol. The van der Waals surface area contributed by atoms with Gasteiger partial charge in [-0.25, -0.2) is 0 Å². The molecule has 1 saturated carbocycles. The summed E-state index contributed by atoms with van der Waals surface area (Å²) in [6.07, 6.45) is 2.39. The smallest absolute Gasteiger partial charge is 0.305 e. The van der Waals surface area contributed by atoms with Crippen LogP contribution in [0.5, 0.6) is 5.75 Å². The summed E-state index contributed by atoms with van der Waals surface area (Å²) in [5.74, 6) is -0.670. The lowest BCUT2D eigenvalue weighted by Crippen LogP contribution is -2.55. The van der Waals surface area contributed by atoms with Crippen molar-refractivity contribution in [2.75, 3.05) is 6.61 Å². The zero-order valence-corrected chi connectivity index (χ0v) is 13.0. The molecule has 5 nitrogen and oxygen atoms in total. The predicted molar refractivity (Wildman–Crippen MR) is 79.4 cm³/mol. The Kier molecular flexibility index (Phi) is 3.65. The van der Waals surface area contributed by atoms with E-state index in [4.69, 9.17) is 9.84 Å². The van der Waals surface area contributed by atoms with Crippen molar-refractivity contribution >= 4 is 27.8 Å². The van der Waals surface area contributed by atoms with Gasteiger partial charge in [-0.3, -0.25) is 9.59 Å². The molecule has 1 fully saturated rings. The maximum absolute atomic E-state index is 12.5. The summed E-state index contributed by atoms with van der Waals surface area (Å²) >= 11 is 3.40. The Hall–Kier alpha value is -1.56. The molecule has 1 aliphatic heterocycles. The standard InChI is InChI=1S/C15H16BrNO4/c16-9-2-3-12-10(6-9)11(8-21-12)14(20)17-15(4-1-5-15)7-13(18)19/h2-3,6,11H,1,4-5,7-8H2,(H,17,20)(H,18,19). The number of ether oxygens (including phenoxy) is 1. The van der Waals surface area contributed by atoms with Crippen molar-refractivity contribution in [3.05, 3.63) is 28.2 Å². The molecule has 2 N–H and O–H groups in total. The fourth-order valence-electron chi connectivity index (χ4n) is 2.99. The van der Waals surface area contributed by atoms with E-state index in [-0.39, 0.29) is 18.2 Å². The molecule has 0 saturated heterocycles. The highest BCUT2D eigenvalue weighted by molar-refractivity contribution is 9.10. The van der Waals surface area contributed by atoms with Crippen molar-refractivity contribution in [1.82, 2.24) is 5.32 Å². The molecular formula is C15H16BrNO4. The second-order valence-electron chi connectivity index (χ2n) is 5.74. The molecule has 0 spiro atoms. The highest BCUT2D eigenvalue weighted by Crippen LogP contribution is 2.39. The molecule has 1 amide bonds. The van der Waals surface area contributed by atoms with Gasteiger partial charge in [-0.05, 0) is 37.5 Å². The molecule has 2 aliphatic rings. The van der Waals surface area contributed by atoms with Crippen LogP contribution < -0.4 is 10.1 Å². The predicted octanol–water partition coefficient (Wildman–Crippen LogP) is 2.44. The zero-order chi connectivity index (χ0) is 15.0. The van der Waals surface area contributed by atoms with E-state index in [0.717, 1.165) is 35.0 Å². The van der Waals surface area contributed by atoms with E-state index >= 15 is 0 Å². The molecule has 6 heteroatoms. The maximum Gasteiger partial charge on any atom is 0.305 e. The first-order chi connectivity index (χ1) is 9.99. The van der Waals surface area contributed by atoms with E-state index in [2.05, 4.69) is 21.2 Å². The molecule has 1 heterocycles. The molecule has 3 rings (SSSR count). The van der Waals surface area contributed by atoms with Crippen LogP contribution in [-0.4, -0.2) is 29.1 Å². The van der Waals surface area contributed by atoms with Crippen LogP contribution in [-0.2, 0) is 9.59 Å². The van der Waals surface area contributed by atoms with Crippen molar-refractivity contribution in [2.24, 2.45) is 0 Å². The van der Waals surface area contributed by atoms with E-state index < -0.39 is 11.5 Å². The average molecular weight is 354 g/mol. The Morgan fingerprint density at radius 1 is 1.43 bits per heavy atom. The van der Waals surface area contributed by atoms with Gasteiger partial charge < -0.3 is 15.2 Å². The largest absolute Gasteiger partial charge is 0.492 e. The van der Waals surface area contributed by atoms with E-state index in [0.29, 0.717) is 6.61 Å². The zero-order valence-electron chi connectivity index (χ0n) is 11.4. The second kappa shape index (κ2) is 5.33. The Labute approximate surface area is 130 Å². The monoisotopic (exact) mass is 353 g/mol. The van der Waals surface area contributed by atoms with Crippen LogP contribution in [0, 0.1) is 0 Å². The molecule has 1 atom stereocenters. The fourth-order valence-corrected chi connectivity index (χ4v) is 3.37. The Bertz CT molecular complexity index is 597. The van der Waals surface area contributed by atoms with Gasteiger partial charge in [0.05, 0.1) is 12.0 Å². The van der Waals surface area contributed by atoms with E-state index in [1.165, 1.54) is 0 Å². The number of rotatable bonds is 4. The Balaban J connectivity index is 1.75. The number of hydrogen-bond donors (Lipinski definition) is 2. The van der Waals surface area contributed by atoms with Gasteiger partial charge in [0.1, 0.15) is 18.3 Å². The van der Waals surface area contributed by atoms with Crippen LogP contribution in [0.25, 0.3) is 0 Å². The van der Waals surface area contributed by atoms with Crippen LogP contribution in [0.15, 0.2) is 22.7 Å². The molecule has 0 aromatic heterocycles. The van der Waals surface area contributed by atoms with Crippen LogP contribution in [0.2, 0.25) is 0 Å². The minimum atomic E-state index is -0.874. The maximum atomic E-state index is 12.5. The van der Waals surface area contributed by atoms with Gasteiger partial charge in [0, 0.05) is 10.0 Å². The fraction of sp³-hybridized carbons (Fsp3) is 0.467. The number of nitrogens with one attached hydrogen (secondary N) is 1. The summed E-state index contributed by atoms with van der Waals surface area (Å²) in [7, 11) is 0. The number of carboxylic acids is 1. The van der Waals surface area contributed by atoms with Crippen molar-refractivity contribution in [3.8, 4) is 5.75 Å². The summed E-state index contributed by atoms with van der Waals surface area (Å²) < 4.78 is 6.43. The molecule has 112 valence electrons. The van der Waals surface area contributed by atoms with Crippen LogP contribution >= 0.6 is 15.9 Å². The third-order valence-corrected chi connectivity index (χ3v) is 4.75. The minimum Gasteiger partial charge on any atom is -0.492 e. The van der Waals surface area contributed by atoms with E-state index in [1.807, 2.05) is 18.2 Å². The third kappa shape index (κ3) is 2.77. The van der Waals surface area contributed by atoms with Gasteiger partial charge >= 0.3 is 5.97 Å². The Morgan fingerprint density at radius 2 is 2.19 bits per heavy atom. The Morgan fingerprint density at radius 3 is 2.81 bits per heavy atom. The van der Waals surface area contributed by atoms with Crippen molar-refractivity contribution < 1.29 is 19.4 Å². The quantitative estimate of drug-likeness (QED) is 0.871. The van der Waals surface area contributed by atoms with Crippen LogP contribution in [0.1, 0.15) is 37.2 Å². The van der Waals surface area contributed by atoms with Crippen LogP contribution in [0.4, 0.5) is 0 Å².